The van der Waals surface area contributed by atoms with Crippen LogP contribution in [-0.4, -0.2) is 4.92 Å². The van der Waals surface area contributed by atoms with Crippen molar-refractivity contribution in [2.24, 2.45) is 11.7 Å². The highest BCUT2D eigenvalue weighted by Crippen LogP contribution is 2.40. The Bertz CT molecular complexity index is 404. The Morgan fingerprint density at radius 2 is 2.20 bits per heavy atom. The van der Waals surface area contributed by atoms with Crippen molar-refractivity contribution in [3.05, 3.63) is 39.7 Å². The normalized spacial score (nSPS) is 17.5. The van der Waals surface area contributed by atoms with Crippen LogP contribution in [0.3, 0.4) is 0 Å². The van der Waals surface area contributed by atoms with Crippen LogP contribution >= 0.6 is 0 Å². The van der Waals surface area contributed by atoms with E-state index in [1.807, 2.05) is 0 Å². The third kappa shape index (κ3) is 1.97. The molecule has 0 unspecified atom stereocenters. The number of rotatable bonds is 3. The average Bonchev–Trinajstić information content (AvgIpc) is 3.00. The second kappa shape index (κ2) is 3.58. The van der Waals surface area contributed by atoms with E-state index in [1.54, 1.807) is 0 Å². The molecule has 1 aliphatic carbocycles. The fourth-order valence-electron chi connectivity index (χ4n) is 1.60. The molecule has 0 bridgehead atoms. The molecular formula is C10H11FN2O2. The van der Waals surface area contributed by atoms with Crippen LogP contribution in [0.25, 0.3) is 0 Å². The minimum Gasteiger partial charge on any atom is -0.324 e. The lowest BCUT2D eigenvalue weighted by Gasteiger charge is -2.09. The first kappa shape index (κ1) is 10.0. The number of benzene rings is 1. The maximum Gasteiger partial charge on any atom is 0.305 e. The van der Waals surface area contributed by atoms with Gasteiger partial charge in [-0.2, -0.15) is 4.39 Å². The van der Waals surface area contributed by atoms with E-state index < -0.39 is 16.4 Å². The summed E-state index contributed by atoms with van der Waals surface area (Å²) < 4.78 is 13.0. The molecule has 15 heavy (non-hydrogen) atoms. The molecule has 1 aliphatic rings. The maximum atomic E-state index is 13.0. The number of nitro groups is 1. The molecule has 80 valence electrons. The van der Waals surface area contributed by atoms with E-state index >= 15 is 0 Å². The third-order valence-corrected chi connectivity index (χ3v) is 2.68. The van der Waals surface area contributed by atoms with Gasteiger partial charge in [0, 0.05) is 12.1 Å². The molecule has 0 saturated heterocycles. The lowest BCUT2D eigenvalue weighted by Crippen LogP contribution is -2.12. The van der Waals surface area contributed by atoms with Gasteiger partial charge in [-0.15, -0.1) is 0 Å². The summed E-state index contributed by atoms with van der Waals surface area (Å²) in [5.41, 5.74) is 6.02. The van der Waals surface area contributed by atoms with Crippen LogP contribution < -0.4 is 5.73 Å². The van der Waals surface area contributed by atoms with Crippen LogP contribution in [0.5, 0.6) is 0 Å². The number of halogens is 1. The number of hydrogen-bond acceptors (Lipinski definition) is 3. The molecule has 1 atom stereocenters. The van der Waals surface area contributed by atoms with E-state index in [4.69, 9.17) is 5.73 Å². The van der Waals surface area contributed by atoms with Gasteiger partial charge in [-0.05, 0) is 30.4 Å². The first-order valence-corrected chi connectivity index (χ1v) is 4.79. The van der Waals surface area contributed by atoms with Crippen LogP contribution in [0, 0.1) is 21.8 Å². The molecule has 1 fully saturated rings. The van der Waals surface area contributed by atoms with E-state index in [1.165, 1.54) is 12.1 Å². The smallest absolute Gasteiger partial charge is 0.305 e. The molecule has 0 heterocycles. The van der Waals surface area contributed by atoms with Gasteiger partial charge in [0.2, 0.25) is 5.82 Å². The van der Waals surface area contributed by atoms with Crippen molar-refractivity contribution in [2.75, 3.05) is 0 Å². The minimum atomic E-state index is -0.813. The first-order chi connectivity index (χ1) is 7.09. The highest BCUT2D eigenvalue weighted by Gasteiger charge is 2.30. The zero-order valence-electron chi connectivity index (χ0n) is 8.02. The van der Waals surface area contributed by atoms with Crippen molar-refractivity contribution in [3.63, 3.8) is 0 Å². The predicted octanol–water partition coefficient (Wildman–Crippen LogP) is 2.14. The van der Waals surface area contributed by atoms with Crippen LogP contribution in [0.1, 0.15) is 24.4 Å². The summed E-state index contributed by atoms with van der Waals surface area (Å²) in [6, 6.07) is 3.66. The second-order valence-electron chi connectivity index (χ2n) is 3.83. The molecule has 0 amide bonds. The zero-order valence-corrected chi connectivity index (χ0v) is 8.02. The summed E-state index contributed by atoms with van der Waals surface area (Å²) in [5.74, 6) is -0.415. The summed E-state index contributed by atoms with van der Waals surface area (Å²) in [7, 11) is 0. The van der Waals surface area contributed by atoms with Crippen molar-refractivity contribution in [2.45, 2.75) is 18.9 Å². The molecule has 0 radical (unpaired) electrons. The Balaban J connectivity index is 2.32. The topological polar surface area (TPSA) is 69.2 Å². The Labute approximate surface area is 86.0 Å². The lowest BCUT2D eigenvalue weighted by atomic mass is 10.0. The van der Waals surface area contributed by atoms with E-state index in [-0.39, 0.29) is 6.04 Å². The van der Waals surface area contributed by atoms with Crippen molar-refractivity contribution in [3.8, 4) is 0 Å². The number of hydrogen-bond donors (Lipinski definition) is 1. The minimum absolute atomic E-state index is 0.204. The van der Waals surface area contributed by atoms with Crippen LogP contribution in [0.15, 0.2) is 18.2 Å². The highest BCUT2D eigenvalue weighted by molar-refractivity contribution is 5.37. The highest BCUT2D eigenvalue weighted by atomic mass is 19.1. The standard InChI is InChI=1S/C10H11FN2O2/c11-8-4-3-7(5-9(8)13(14)15)10(12)6-1-2-6/h3-6,10H,1-2,12H2/t10-/m0/s1. The molecule has 0 aliphatic heterocycles. The maximum absolute atomic E-state index is 13.0. The van der Waals surface area contributed by atoms with E-state index in [0.717, 1.165) is 18.9 Å². The molecule has 2 N–H and O–H groups in total. The SMILES string of the molecule is N[C@H](c1ccc(F)c([N+](=O)[O-])c1)C1CC1. The van der Waals surface area contributed by atoms with Gasteiger partial charge in [-0.3, -0.25) is 10.1 Å². The molecule has 0 aromatic heterocycles. The number of nitro benzene ring substituents is 1. The second-order valence-corrected chi connectivity index (χ2v) is 3.83. The zero-order chi connectivity index (χ0) is 11.0. The van der Waals surface area contributed by atoms with Crippen molar-refractivity contribution in [1.29, 1.82) is 0 Å². The van der Waals surface area contributed by atoms with Gasteiger partial charge in [0.15, 0.2) is 0 Å². The Hall–Kier alpha value is -1.49. The van der Waals surface area contributed by atoms with E-state index in [9.17, 15) is 14.5 Å². The number of nitrogens with zero attached hydrogens (tertiary/aromatic N) is 1. The van der Waals surface area contributed by atoms with Gasteiger partial charge in [-0.1, -0.05) is 6.07 Å². The Morgan fingerprint density at radius 1 is 1.53 bits per heavy atom. The first-order valence-electron chi connectivity index (χ1n) is 4.79. The fraction of sp³-hybridized carbons (Fsp3) is 0.400. The molecule has 2 rings (SSSR count). The predicted molar refractivity (Wildman–Crippen MR) is 52.7 cm³/mol. The summed E-state index contributed by atoms with van der Waals surface area (Å²) in [6.07, 6.45) is 2.10. The van der Waals surface area contributed by atoms with E-state index in [0.29, 0.717) is 11.5 Å². The van der Waals surface area contributed by atoms with Gasteiger partial charge < -0.3 is 5.73 Å². The monoisotopic (exact) mass is 210 g/mol. The van der Waals surface area contributed by atoms with Gasteiger partial charge >= 0.3 is 5.69 Å². The van der Waals surface area contributed by atoms with Crippen LogP contribution in [-0.2, 0) is 0 Å². The molecule has 1 saturated carbocycles. The molecule has 5 heteroatoms. The van der Waals surface area contributed by atoms with Gasteiger partial charge in [0.25, 0.3) is 0 Å². The van der Waals surface area contributed by atoms with Crippen LogP contribution in [0.2, 0.25) is 0 Å². The third-order valence-electron chi connectivity index (χ3n) is 2.68. The molecule has 0 spiro atoms. The van der Waals surface area contributed by atoms with Gasteiger partial charge in [0.05, 0.1) is 4.92 Å². The van der Waals surface area contributed by atoms with Gasteiger partial charge in [-0.25, -0.2) is 0 Å². The summed E-state index contributed by atoms with van der Waals surface area (Å²) in [5, 5.41) is 10.5. The Morgan fingerprint density at radius 3 is 2.73 bits per heavy atom. The van der Waals surface area contributed by atoms with E-state index in [2.05, 4.69) is 0 Å². The molecular weight excluding hydrogens is 199 g/mol. The van der Waals surface area contributed by atoms with Crippen molar-refractivity contribution < 1.29 is 9.31 Å². The average molecular weight is 210 g/mol. The molecule has 1 aromatic carbocycles. The largest absolute Gasteiger partial charge is 0.324 e. The quantitative estimate of drug-likeness (QED) is 0.613. The summed E-state index contributed by atoms with van der Waals surface area (Å²) in [6.45, 7) is 0. The summed E-state index contributed by atoms with van der Waals surface area (Å²) in [4.78, 5) is 9.78. The van der Waals surface area contributed by atoms with Crippen LogP contribution in [0.4, 0.5) is 10.1 Å². The van der Waals surface area contributed by atoms with Crippen molar-refractivity contribution >= 4 is 5.69 Å². The fourth-order valence-corrected chi connectivity index (χ4v) is 1.60. The lowest BCUT2D eigenvalue weighted by molar-refractivity contribution is -0.387. The number of nitrogens with two attached hydrogens (primary N) is 1. The summed E-state index contributed by atoms with van der Waals surface area (Å²) >= 11 is 0. The molecule has 1 aromatic rings. The van der Waals surface area contributed by atoms with Crippen molar-refractivity contribution in [1.82, 2.24) is 0 Å². The van der Waals surface area contributed by atoms with Gasteiger partial charge in [0.1, 0.15) is 0 Å². The molecule has 4 nitrogen and oxygen atoms in total. The Kier molecular flexibility index (Phi) is 2.40.